The molecule has 152 valence electrons. The van der Waals surface area contributed by atoms with Crippen LogP contribution in [0.3, 0.4) is 0 Å². The number of allylic oxidation sites excluding steroid dienone is 2. The first kappa shape index (κ1) is 22.3. The van der Waals surface area contributed by atoms with Gasteiger partial charge in [-0.3, -0.25) is 4.90 Å². The molecule has 2 fully saturated rings. The highest BCUT2D eigenvalue weighted by Crippen LogP contribution is 2.37. The first-order valence-corrected chi connectivity index (χ1v) is 10.7. The number of rotatable bonds is 9. The third-order valence-electron chi connectivity index (χ3n) is 5.91. The summed E-state index contributed by atoms with van der Waals surface area (Å²) in [4.78, 5) is 17.2. The van der Waals surface area contributed by atoms with E-state index in [0.717, 1.165) is 69.0 Å². The molecule has 1 N–H and O–H groups in total. The van der Waals surface area contributed by atoms with E-state index in [0.29, 0.717) is 5.70 Å². The summed E-state index contributed by atoms with van der Waals surface area (Å²) in [7, 11) is 2.16. The summed E-state index contributed by atoms with van der Waals surface area (Å²) in [6.07, 6.45) is 11.9. The zero-order chi connectivity index (χ0) is 19.7. The number of piperazine rings is 1. The highest BCUT2D eigenvalue weighted by atomic mass is 32.1. The first-order chi connectivity index (χ1) is 13.0. The molecule has 0 aromatic carbocycles. The molecule has 1 aliphatic heterocycles. The van der Waals surface area contributed by atoms with E-state index >= 15 is 0 Å². The van der Waals surface area contributed by atoms with Crippen LogP contribution in [-0.4, -0.2) is 61.7 Å². The van der Waals surface area contributed by atoms with Gasteiger partial charge in [-0.15, -0.1) is 17.5 Å². The average Bonchev–Trinajstić information content (AvgIpc) is 3.17. The van der Waals surface area contributed by atoms with Gasteiger partial charge in [0.25, 0.3) is 0 Å². The Balaban J connectivity index is 1.96. The standard InChI is InChI=1S/C21H36N4OS/c1-4-19(23-26)18(17-25-15-13-24(3)14-16-25)9-8-12-22-21(20(27)5-2)10-6-7-11-21/h4-5,9,22,27H,6-8,10-17H2,1-3H3/b18-9-,19-4+,20-5-. The van der Waals surface area contributed by atoms with Crippen molar-refractivity contribution >= 4 is 12.6 Å². The molecular formula is C21H36N4OS. The lowest BCUT2D eigenvalue weighted by atomic mass is 9.96. The lowest BCUT2D eigenvalue weighted by Gasteiger charge is -2.33. The van der Waals surface area contributed by atoms with Gasteiger partial charge in [0.15, 0.2) is 0 Å². The zero-order valence-corrected chi connectivity index (χ0v) is 18.1. The maximum absolute atomic E-state index is 11.3. The topological polar surface area (TPSA) is 47.9 Å². The second-order valence-corrected chi connectivity index (χ2v) is 8.23. The third-order valence-corrected chi connectivity index (χ3v) is 6.60. The van der Waals surface area contributed by atoms with E-state index in [9.17, 15) is 4.91 Å². The van der Waals surface area contributed by atoms with E-state index in [-0.39, 0.29) is 5.54 Å². The maximum Gasteiger partial charge on any atom is 0.107 e. The summed E-state index contributed by atoms with van der Waals surface area (Å²) in [6.45, 7) is 9.86. The van der Waals surface area contributed by atoms with Gasteiger partial charge in [-0.1, -0.05) is 31.1 Å². The van der Waals surface area contributed by atoms with Crippen LogP contribution in [0, 0.1) is 4.91 Å². The van der Waals surface area contributed by atoms with Crippen LogP contribution < -0.4 is 5.32 Å². The van der Waals surface area contributed by atoms with Crippen LogP contribution in [0.2, 0.25) is 0 Å². The normalized spacial score (nSPS) is 23.0. The number of likely N-dealkylation sites (N-methyl/N-ethyl adjacent to an activating group) is 1. The molecule has 1 saturated heterocycles. The van der Waals surface area contributed by atoms with Crippen molar-refractivity contribution in [1.82, 2.24) is 15.1 Å². The van der Waals surface area contributed by atoms with Crippen LogP contribution >= 0.6 is 12.6 Å². The molecule has 6 heteroatoms. The van der Waals surface area contributed by atoms with Crippen molar-refractivity contribution in [3.8, 4) is 0 Å². The minimum atomic E-state index is 0.0512. The smallest absolute Gasteiger partial charge is 0.107 e. The molecule has 0 unspecified atom stereocenters. The molecule has 2 aliphatic rings. The molecule has 1 saturated carbocycles. The van der Waals surface area contributed by atoms with Gasteiger partial charge in [0.1, 0.15) is 5.70 Å². The summed E-state index contributed by atoms with van der Waals surface area (Å²) in [5.74, 6) is 0. The van der Waals surface area contributed by atoms with Gasteiger partial charge in [-0.2, -0.15) is 0 Å². The van der Waals surface area contributed by atoms with Gasteiger partial charge in [0.05, 0.1) is 0 Å². The molecule has 0 amide bonds. The van der Waals surface area contributed by atoms with Crippen molar-refractivity contribution in [3.05, 3.63) is 39.3 Å². The molecule has 0 radical (unpaired) electrons. The fourth-order valence-corrected chi connectivity index (χ4v) is 4.43. The van der Waals surface area contributed by atoms with E-state index in [4.69, 9.17) is 12.6 Å². The molecule has 1 heterocycles. The van der Waals surface area contributed by atoms with E-state index < -0.39 is 0 Å². The highest BCUT2D eigenvalue weighted by molar-refractivity contribution is 7.84. The number of hydrogen-bond acceptors (Lipinski definition) is 6. The lowest BCUT2D eigenvalue weighted by molar-refractivity contribution is 0.164. The third kappa shape index (κ3) is 6.28. The fourth-order valence-electron chi connectivity index (χ4n) is 4.13. The number of thiol groups is 1. The minimum Gasteiger partial charge on any atom is -0.307 e. The second-order valence-electron chi connectivity index (χ2n) is 7.75. The number of hydrogen-bond donors (Lipinski definition) is 2. The predicted molar refractivity (Wildman–Crippen MR) is 118 cm³/mol. The molecule has 2 rings (SSSR count). The number of nitrogens with one attached hydrogen (secondary N) is 1. The van der Waals surface area contributed by atoms with Crippen LogP contribution in [0.15, 0.2) is 39.6 Å². The molecule has 1 aliphatic carbocycles. The Bertz CT molecular complexity index is 571. The quantitative estimate of drug-likeness (QED) is 0.270. The Labute approximate surface area is 170 Å². The average molecular weight is 393 g/mol. The minimum absolute atomic E-state index is 0.0512. The Kier molecular flexibility index (Phi) is 9.22. The van der Waals surface area contributed by atoms with Crippen molar-refractivity contribution in [2.24, 2.45) is 5.18 Å². The van der Waals surface area contributed by atoms with E-state index in [1.807, 2.05) is 13.0 Å². The highest BCUT2D eigenvalue weighted by Gasteiger charge is 2.34. The maximum atomic E-state index is 11.3. The Hall–Kier alpha value is -0.950. The van der Waals surface area contributed by atoms with Crippen LogP contribution in [0.25, 0.3) is 0 Å². The Morgan fingerprint density at radius 3 is 2.37 bits per heavy atom. The molecule has 0 bridgehead atoms. The van der Waals surface area contributed by atoms with Crippen LogP contribution in [-0.2, 0) is 0 Å². The summed E-state index contributed by atoms with van der Waals surface area (Å²) in [5.41, 5.74) is 1.68. The summed E-state index contributed by atoms with van der Waals surface area (Å²) < 4.78 is 0. The van der Waals surface area contributed by atoms with Crippen molar-refractivity contribution in [2.75, 3.05) is 46.3 Å². The number of nitroso groups, excluding NO2 is 1. The van der Waals surface area contributed by atoms with E-state index in [1.165, 1.54) is 12.8 Å². The van der Waals surface area contributed by atoms with Gasteiger partial charge in [-0.25, -0.2) is 0 Å². The van der Waals surface area contributed by atoms with E-state index in [1.54, 1.807) is 0 Å². The molecule has 0 spiro atoms. The molecule has 5 nitrogen and oxygen atoms in total. The van der Waals surface area contributed by atoms with Crippen LogP contribution in [0.1, 0.15) is 46.0 Å². The monoisotopic (exact) mass is 392 g/mol. The van der Waals surface area contributed by atoms with Crippen LogP contribution in [0.4, 0.5) is 0 Å². The summed E-state index contributed by atoms with van der Waals surface area (Å²) in [6, 6.07) is 0. The Morgan fingerprint density at radius 1 is 1.15 bits per heavy atom. The fraction of sp³-hybridized carbons (Fsp3) is 0.714. The largest absolute Gasteiger partial charge is 0.307 e. The van der Waals surface area contributed by atoms with Gasteiger partial charge in [0, 0.05) is 38.3 Å². The SMILES string of the molecule is C/C=C(\S)C1(NCC/C=C(CN2CCN(C)CC2)\C(=C/C)N=O)CCCC1. The van der Waals surface area contributed by atoms with Gasteiger partial charge < -0.3 is 10.2 Å². The van der Waals surface area contributed by atoms with Gasteiger partial charge >= 0.3 is 0 Å². The Morgan fingerprint density at radius 2 is 1.81 bits per heavy atom. The van der Waals surface area contributed by atoms with Gasteiger partial charge in [0.2, 0.25) is 0 Å². The van der Waals surface area contributed by atoms with Crippen molar-refractivity contribution in [1.29, 1.82) is 0 Å². The molecular weight excluding hydrogens is 356 g/mol. The van der Waals surface area contributed by atoms with Crippen molar-refractivity contribution in [2.45, 2.75) is 51.5 Å². The zero-order valence-electron chi connectivity index (χ0n) is 17.2. The molecule has 27 heavy (non-hydrogen) atoms. The molecule has 0 atom stereocenters. The first-order valence-electron chi connectivity index (χ1n) is 10.3. The van der Waals surface area contributed by atoms with E-state index in [2.05, 4.69) is 46.4 Å². The number of nitrogens with zero attached hydrogens (tertiary/aromatic N) is 3. The second kappa shape index (κ2) is 11.1. The molecule has 0 aromatic rings. The predicted octanol–water partition coefficient (Wildman–Crippen LogP) is 3.96. The van der Waals surface area contributed by atoms with Crippen molar-refractivity contribution < 1.29 is 0 Å². The van der Waals surface area contributed by atoms with Crippen molar-refractivity contribution in [3.63, 3.8) is 0 Å². The summed E-state index contributed by atoms with van der Waals surface area (Å²) in [5, 5.41) is 7.01. The van der Waals surface area contributed by atoms with Crippen LogP contribution in [0.5, 0.6) is 0 Å². The molecule has 0 aromatic heterocycles. The lowest BCUT2D eigenvalue weighted by Crippen LogP contribution is -2.45. The van der Waals surface area contributed by atoms with Gasteiger partial charge in [-0.05, 0) is 62.4 Å². The summed E-state index contributed by atoms with van der Waals surface area (Å²) >= 11 is 4.72.